The van der Waals surface area contributed by atoms with Crippen molar-refractivity contribution in [3.63, 3.8) is 0 Å². The van der Waals surface area contributed by atoms with Gasteiger partial charge >= 0.3 is 0 Å². The molecule has 2 heterocycles. The Morgan fingerprint density at radius 2 is 2.23 bits per heavy atom. The number of halogens is 1. The van der Waals surface area contributed by atoms with Gasteiger partial charge in [-0.2, -0.15) is 5.10 Å². The summed E-state index contributed by atoms with van der Waals surface area (Å²) in [6.45, 7) is 13.9. The second kappa shape index (κ2) is 13.3. The number of hydrogen-bond donors (Lipinski definition) is 2. The summed E-state index contributed by atoms with van der Waals surface area (Å²) in [5, 5.41) is 10.9. The zero-order chi connectivity index (χ0) is 17.9. The minimum absolute atomic E-state index is 0. The Morgan fingerprint density at radius 1 is 1.38 bits per heavy atom. The van der Waals surface area contributed by atoms with E-state index in [9.17, 15) is 0 Å². The van der Waals surface area contributed by atoms with Crippen molar-refractivity contribution in [2.45, 2.75) is 39.8 Å². The van der Waals surface area contributed by atoms with Gasteiger partial charge in [-0.3, -0.25) is 14.6 Å². The highest BCUT2D eigenvalue weighted by Crippen LogP contribution is 2.08. The molecule has 1 aliphatic heterocycles. The van der Waals surface area contributed by atoms with Gasteiger partial charge in [-0.15, -0.1) is 24.0 Å². The van der Waals surface area contributed by atoms with Crippen LogP contribution in [0.25, 0.3) is 0 Å². The lowest BCUT2D eigenvalue weighted by atomic mass is 10.2. The Kier molecular flexibility index (Phi) is 11.9. The van der Waals surface area contributed by atoms with Crippen LogP contribution in [0.2, 0.25) is 0 Å². The third kappa shape index (κ3) is 9.18. The molecular weight excluding hydrogens is 443 g/mol. The van der Waals surface area contributed by atoms with Gasteiger partial charge in [0, 0.05) is 51.7 Å². The van der Waals surface area contributed by atoms with E-state index in [1.165, 1.54) is 0 Å². The lowest BCUT2D eigenvalue weighted by Gasteiger charge is -2.33. The van der Waals surface area contributed by atoms with Crippen molar-refractivity contribution in [1.82, 2.24) is 25.3 Å². The van der Waals surface area contributed by atoms with E-state index >= 15 is 0 Å². The maximum Gasteiger partial charge on any atom is 0.191 e. The van der Waals surface area contributed by atoms with Gasteiger partial charge in [0.25, 0.3) is 0 Å². The van der Waals surface area contributed by atoms with E-state index in [-0.39, 0.29) is 30.1 Å². The summed E-state index contributed by atoms with van der Waals surface area (Å²) in [7, 11) is 0. The van der Waals surface area contributed by atoms with Crippen LogP contribution >= 0.6 is 24.0 Å². The summed E-state index contributed by atoms with van der Waals surface area (Å²) in [6.07, 6.45) is 5.00. The smallest absolute Gasteiger partial charge is 0.191 e. The first-order chi connectivity index (χ1) is 12.2. The quantitative estimate of drug-likeness (QED) is 0.245. The number of aryl methyl sites for hydroxylation is 1. The van der Waals surface area contributed by atoms with Gasteiger partial charge in [-0.05, 0) is 25.3 Å². The van der Waals surface area contributed by atoms with E-state index in [2.05, 4.69) is 41.4 Å². The first-order valence-electron chi connectivity index (χ1n) is 9.51. The van der Waals surface area contributed by atoms with Crippen LogP contribution in [-0.4, -0.2) is 72.6 Å². The van der Waals surface area contributed by atoms with E-state index in [0.29, 0.717) is 12.5 Å². The van der Waals surface area contributed by atoms with Gasteiger partial charge in [0.2, 0.25) is 0 Å². The molecule has 0 bridgehead atoms. The molecule has 26 heavy (non-hydrogen) atoms. The fourth-order valence-electron chi connectivity index (χ4n) is 2.99. The van der Waals surface area contributed by atoms with Crippen molar-refractivity contribution in [3.05, 3.63) is 18.5 Å². The topological polar surface area (TPSA) is 66.7 Å². The van der Waals surface area contributed by atoms with Gasteiger partial charge in [0.15, 0.2) is 5.96 Å². The van der Waals surface area contributed by atoms with Crippen molar-refractivity contribution in [2.75, 3.05) is 45.9 Å². The second-order valence-corrected chi connectivity index (χ2v) is 6.92. The number of nitrogens with one attached hydrogen (secondary N) is 2. The molecule has 1 unspecified atom stereocenters. The summed E-state index contributed by atoms with van der Waals surface area (Å²) < 4.78 is 7.83. The predicted octanol–water partition coefficient (Wildman–Crippen LogP) is 1.80. The molecule has 7 nitrogen and oxygen atoms in total. The number of aromatic nitrogens is 2. The molecule has 1 saturated heterocycles. The van der Waals surface area contributed by atoms with Crippen molar-refractivity contribution in [1.29, 1.82) is 0 Å². The van der Waals surface area contributed by atoms with Crippen LogP contribution < -0.4 is 10.6 Å². The highest BCUT2D eigenvalue weighted by molar-refractivity contribution is 14.0. The Labute approximate surface area is 175 Å². The summed E-state index contributed by atoms with van der Waals surface area (Å²) in [4.78, 5) is 7.19. The number of nitrogens with zero attached hydrogens (tertiary/aromatic N) is 4. The largest absolute Gasteiger partial charge is 0.374 e. The summed E-state index contributed by atoms with van der Waals surface area (Å²) in [5.41, 5.74) is 0. The van der Waals surface area contributed by atoms with Crippen molar-refractivity contribution < 1.29 is 4.74 Å². The Hall–Kier alpha value is -0.870. The molecule has 1 fully saturated rings. The maximum absolute atomic E-state index is 5.88. The van der Waals surface area contributed by atoms with Crippen LogP contribution in [0.5, 0.6) is 0 Å². The first-order valence-corrected chi connectivity index (χ1v) is 9.51. The Balaban J connectivity index is 0.00000338. The summed E-state index contributed by atoms with van der Waals surface area (Å²) in [5.74, 6) is 1.56. The average molecular weight is 478 g/mol. The predicted molar refractivity (Wildman–Crippen MR) is 117 cm³/mol. The van der Waals surface area contributed by atoms with Crippen LogP contribution in [0.3, 0.4) is 0 Å². The molecular formula is C18H35IN6O. The third-order valence-electron chi connectivity index (χ3n) is 4.06. The van der Waals surface area contributed by atoms with Crippen molar-refractivity contribution in [2.24, 2.45) is 10.9 Å². The van der Waals surface area contributed by atoms with Crippen LogP contribution in [0.1, 0.15) is 27.2 Å². The molecule has 0 spiro atoms. The molecule has 8 heteroatoms. The molecule has 1 aliphatic rings. The molecule has 0 amide bonds. The minimum atomic E-state index is 0. The fraction of sp³-hybridized carbons (Fsp3) is 0.778. The molecule has 1 aromatic heterocycles. The highest BCUT2D eigenvalue weighted by Gasteiger charge is 2.20. The lowest BCUT2D eigenvalue weighted by Crippen LogP contribution is -2.46. The normalized spacial score (nSPS) is 18.6. The number of ether oxygens (including phenoxy) is 1. The molecule has 1 atom stereocenters. The zero-order valence-corrected chi connectivity index (χ0v) is 18.7. The molecule has 2 N–H and O–H groups in total. The first kappa shape index (κ1) is 23.2. The van der Waals surface area contributed by atoms with E-state index in [4.69, 9.17) is 9.73 Å². The minimum Gasteiger partial charge on any atom is -0.374 e. The fourth-order valence-corrected chi connectivity index (χ4v) is 2.99. The second-order valence-electron chi connectivity index (χ2n) is 6.92. The van der Waals surface area contributed by atoms with E-state index < -0.39 is 0 Å². The van der Waals surface area contributed by atoms with E-state index in [1.807, 2.05) is 23.1 Å². The summed E-state index contributed by atoms with van der Waals surface area (Å²) >= 11 is 0. The monoisotopic (exact) mass is 478 g/mol. The van der Waals surface area contributed by atoms with Crippen molar-refractivity contribution >= 4 is 29.9 Å². The maximum atomic E-state index is 5.88. The molecule has 2 rings (SSSR count). The number of rotatable bonds is 9. The van der Waals surface area contributed by atoms with E-state index in [1.54, 1.807) is 0 Å². The average Bonchev–Trinajstić information content (AvgIpc) is 3.09. The van der Waals surface area contributed by atoms with Crippen LogP contribution in [0.15, 0.2) is 23.5 Å². The standard InChI is InChI=1S/C18H34N6O.HI/c1-4-19-18(20-7-5-9-24-10-6-8-22-24)21-13-17-15-23(11-12-25-17)14-16(2)3;/h6,8,10,16-17H,4-5,7,9,11-15H2,1-3H3,(H2,19,20,21);1H. The molecule has 0 aliphatic carbocycles. The zero-order valence-electron chi connectivity index (χ0n) is 16.4. The number of morpholine rings is 1. The van der Waals surface area contributed by atoms with Crippen molar-refractivity contribution in [3.8, 4) is 0 Å². The SMILES string of the molecule is CCNC(=NCC1CN(CC(C)C)CCO1)NCCCn1cccn1.I. The number of aliphatic imine (C=N–C) groups is 1. The molecule has 1 aromatic rings. The highest BCUT2D eigenvalue weighted by atomic mass is 127. The van der Waals surface area contributed by atoms with Gasteiger partial charge in [-0.25, -0.2) is 0 Å². The third-order valence-corrected chi connectivity index (χ3v) is 4.06. The summed E-state index contributed by atoms with van der Waals surface area (Å²) in [6, 6.07) is 1.95. The number of guanidine groups is 1. The molecule has 150 valence electrons. The number of hydrogen-bond acceptors (Lipinski definition) is 4. The molecule has 0 saturated carbocycles. The van der Waals surface area contributed by atoms with Crippen LogP contribution in [0.4, 0.5) is 0 Å². The lowest BCUT2D eigenvalue weighted by molar-refractivity contribution is -0.0261. The van der Waals surface area contributed by atoms with Gasteiger partial charge in [0.05, 0.1) is 19.3 Å². The molecule has 0 aromatic carbocycles. The molecule has 0 radical (unpaired) electrons. The Morgan fingerprint density at radius 3 is 2.92 bits per heavy atom. The van der Waals surface area contributed by atoms with Crippen LogP contribution in [0, 0.1) is 5.92 Å². The van der Waals surface area contributed by atoms with E-state index in [0.717, 1.165) is 58.3 Å². The van der Waals surface area contributed by atoms with Gasteiger partial charge in [-0.1, -0.05) is 13.8 Å². The van der Waals surface area contributed by atoms with Gasteiger partial charge in [0.1, 0.15) is 0 Å². The Bertz CT molecular complexity index is 494. The van der Waals surface area contributed by atoms with Gasteiger partial charge < -0.3 is 15.4 Å². The van der Waals surface area contributed by atoms with Crippen LogP contribution in [-0.2, 0) is 11.3 Å².